The fraction of sp³-hybridized carbons (Fsp3) is 0.111. The van der Waals surface area contributed by atoms with Gasteiger partial charge in [-0.2, -0.15) is 4.37 Å². The molecule has 0 fully saturated rings. The lowest BCUT2D eigenvalue weighted by molar-refractivity contribution is 0.415. The second-order valence-electron chi connectivity index (χ2n) is 2.60. The number of halogens is 1. The minimum absolute atomic E-state index is 0.783. The van der Waals surface area contributed by atoms with E-state index in [1.807, 2.05) is 24.3 Å². The molecule has 0 aliphatic rings. The van der Waals surface area contributed by atoms with E-state index >= 15 is 0 Å². The lowest BCUT2D eigenvalue weighted by Gasteiger charge is -2.00. The van der Waals surface area contributed by atoms with Gasteiger partial charge >= 0.3 is 0 Å². The molecule has 2 aromatic rings. The molecule has 72 valence electrons. The summed E-state index contributed by atoms with van der Waals surface area (Å²) in [6, 6.07) is 7.81. The first-order chi connectivity index (χ1) is 6.79. The maximum atomic E-state index is 5.14. The molecule has 0 unspecified atom stereocenters. The standard InChI is InChI=1S/C9H7IN2OS/c1-13-7-4-2-3-6(5-7)8-11-9(10)12-14-8/h2-5H,1H3. The van der Waals surface area contributed by atoms with E-state index in [2.05, 4.69) is 31.9 Å². The third kappa shape index (κ3) is 2.03. The Kier molecular flexibility index (Phi) is 2.97. The average molecular weight is 318 g/mol. The van der Waals surface area contributed by atoms with E-state index in [4.69, 9.17) is 4.74 Å². The van der Waals surface area contributed by atoms with Crippen molar-refractivity contribution >= 4 is 34.1 Å². The quantitative estimate of drug-likeness (QED) is 0.799. The fourth-order valence-electron chi connectivity index (χ4n) is 1.08. The van der Waals surface area contributed by atoms with Gasteiger partial charge in [0.2, 0.25) is 3.83 Å². The van der Waals surface area contributed by atoms with Crippen molar-refractivity contribution in [2.24, 2.45) is 0 Å². The van der Waals surface area contributed by atoms with Crippen LogP contribution < -0.4 is 4.74 Å². The molecule has 1 aromatic carbocycles. The van der Waals surface area contributed by atoms with Gasteiger partial charge in [-0.15, -0.1) is 0 Å². The molecule has 14 heavy (non-hydrogen) atoms. The Morgan fingerprint density at radius 2 is 2.29 bits per heavy atom. The van der Waals surface area contributed by atoms with Gasteiger partial charge in [0.15, 0.2) is 0 Å². The van der Waals surface area contributed by atoms with E-state index in [0.717, 1.165) is 20.2 Å². The van der Waals surface area contributed by atoms with Crippen LogP contribution in [0.25, 0.3) is 10.6 Å². The zero-order valence-electron chi connectivity index (χ0n) is 7.40. The van der Waals surface area contributed by atoms with Crippen molar-refractivity contribution in [3.8, 4) is 16.3 Å². The van der Waals surface area contributed by atoms with Gasteiger partial charge in [0.05, 0.1) is 7.11 Å². The number of benzene rings is 1. The van der Waals surface area contributed by atoms with Crippen molar-refractivity contribution in [3.63, 3.8) is 0 Å². The number of methoxy groups -OCH3 is 1. The molecule has 5 heteroatoms. The molecule has 0 saturated heterocycles. The molecule has 0 spiro atoms. The van der Waals surface area contributed by atoms with Crippen molar-refractivity contribution in [1.82, 2.24) is 9.36 Å². The van der Waals surface area contributed by atoms with E-state index in [1.165, 1.54) is 11.5 Å². The molecule has 1 heterocycles. The fourth-order valence-corrected chi connectivity index (χ4v) is 2.34. The highest BCUT2D eigenvalue weighted by Crippen LogP contribution is 2.25. The van der Waals surface area contributed by atoms with E-state index < -0.39 is 0 Å². The summed E-state index contributed by atoms with van der Waals surface area (Å²) >= 11 is 3.50. The summed E-state index contributed by atoms with van der Waals surface area (Å²) in [4.78, 5) is 4.29. The van der Waals surface area contributed by atoms with Gasteiger partial charge in [-0.3, -0.25) is 0 Å². The van der Waals surface area contributed by atoms with Gasteiger partial charge in [-0.25, -0.2) is 4.98 Å². The molecule has 2 rings (SSSR count). The summed E-state index contributed by atoms with van der Waals surface area (Å²) < 4.78 is 10.0. The number of nitrogens with zero attached hydrogens (tertiary/aromatic N) is 2. The molecule has 0 saturated carbocycles. The highest BCUT2D eigenvalue weighted by Gasteiger charge is 2.04. The minimum Gasteiger partial charge on any atom is -0.497 e. The smallest absolute Gasteiger partial charge is 0.203 e. The van der Waals surface area contributed by atoms with E-state index in [-0.39, 0.29) is 0 Å². The number of hydrogen-bond donors (Lipinski definition) is 0. The van der Waals surface area contributed by atoms with Crippen LogP contribution in [0.4, 0.5) is 0 Å². The van der Waals surface area contributed by atoms with Crippen LogP contribution in [0.5, 0.6) is 5.75 Å². The van der Waals surface area contributed by atoms with Crippen LogP contribution in [-0.4, -0.2) is 16.5 Å². The summed E-state index contributed by atoms with van der Waals surface area (Å²) in [6.07, 6.45) is 0. The summed E-state index contributed by atoms with van der Waals surface area (Å²) in [5.74, 6) is 0.840. The van der Waals surface area contributed by atoms with Gasteiger partial charge < -0.3 is 4.74 Å². The third-order valence-electron chi connectivity index (χ3n) is 1.72. The molecule has 3 nitrogen and oxygen atoms in total. The normalized spacial score (nSPS) is 10.1. The maximum absolute atomic E-state index is 5.14. The summed E-state index contributed by atoms with van der Waals surface area (Å²) in [5.41, 5.74) is 1.05. The molecule has 1 aromatic heterocycles. The average Bonchev–Trinajstić information content (AvgIpc) is 2.65. The molecule has 0 amide bonds. The van der Waals surface area contributed by atoms with Crippen LogP contribution in [0.2, 0.25) is 0 Å². The van der Waals surface area contributed by atoms with E-state index in [9.17, 15) is 0 Å². The van der Waals surface area contributed by atoms with Gasteiger partial charge in [0.25, 0.3) is 0 Å². The summed E-state index contributed by atoms with van der Waals surface area (Å²) in [5, 5.41) is 0.924. The van der Waals surface area contributed by atoms with Crippen molar-refractivity contribution in [2.75, 3.05) is 7.11 Å². The first kappa shape index (κ1) is 9.85. The second kappa shape index (κ2) is 4.22. The summed E-state index contributed by atoms with van der Waals surface area (Å²) in [6.45, 7) is 0. The molecular weight excluding hydrogens is 311 g/mol. The Labute approximate surface area is 99.4 Å². The first-order valence-corrected chi connectivity index (χ1v) is 5.78. The van der Waals surface area contributed by atoms with E-state index in [1.54, 1.807) is 7.11 Å². The Morgan fingerprint density at radius 3 is 2.93 bits per heavy atom. The Morgan fingerprint density at radius 1 is 1.43 bits per heavy atom. The second-order valence-corrected chi connectivity index (χ2v) is 4.32. The van der Waals surface area contributed by atoms with Crippen LogP contribution in [-0.2, 0) is 0 Å². The minimum atomic E-state index is 0.783. The highest BCUT2D eigenvalue weighted by molar-refractivity contribution is 14.1. The largest absolute Gasteiger partial charge is 0.497 e. The highest BCUT2D eigenvalue weighted by atomic mass is 127. The van der Waals surface area contributed by atoms with Gasteiger partial charge in [0.1, 0.15) is 10.8 Å². The SMILES string of the molecule is COc1cccc(-c2nc(I)ns2)c1. The predicted octanol–water partition coefficient (Wildman–Crippen LogP) is 2.82. The molecule has 0 radical (unpaired) electrons. The van der Waals surface area contributed by atoms with Gasteiger partial charge in [-0.1, -0.05) is 12.1 Å². The van der Waals surface area contributed by atoms with Crippen LogP contribution in [0.3, 0.4) is 0 Å². The Balaban J connectivity index is 2.41. The molecule has 0 bridgehead atoms. The molecule has 0 atom stereocenters. The number of aromatic nitrogens is 2. The number of hydrogen-bond acceptors (Lipinski definition) is 4. The van der Waals surface area contributed by atoms with Crippen LogP contribution >= 0.6 is 34.1 Å². The van der Waals surface area contributed by atoms with Gasteiger partial charge in [-0.05, 0) is 23.7 Å². The number of ether oxygens (including phenoxy) is 1. The Bertz CT molecular complexity index is 444. The maximum Gasteiger partial charge on any atom is 0.203 e. The topological polar surface area (TPSA) is 35.0 Å². The number of rotatable bonds is 2. The molecule has 0 N–H and O–H groups in total. The van der Waals surface area contributed by atoms with Crippen LogP contribution in [0.15, 0.2) is 24.3 Å². The van der Waals surface area contributed by atoms with Crippen molar-refractivity contribution in [3.05, 3.63) is 28.1 Å². The Hall–Kier alpha value is -0.690. The molecule has 0 aliphatic heterocycles. The lowest BCUT2D eigenvalue weighted by Crippen LogP contribution is -1.83. The van der Waals surface area contributed by atoms with Crippen molar-refractivity contribution in [1.29, 1.82) is 0 Å². The van der Waals surface area contributed by atoms with E-state index in [0.29, 0.717) is 0 Å². The monoisotopic (exact) mass is 318 g/mol. The zero-order valence-corrected chi connectivity index (χ0v) is 10.4. The van der Waals surface area contributed by atoms with Crippen LogP contribution in [0, 0.1) is 3.83 Å². The predicted molar refractivity (Wildman–Crippen MR) is 64.6 cm³/mol. The molecule has 0 aliphatic carbocycles. The zero-order chi connectivity index (χ0) is 9.97. The summed E-state index contributed by atoms with van der Waals surface area (Å²) in [7, 11) is 1.66. The van der Waals surface area contributed by atoms with Crippen molar-refractivity contribution in [2.45, 2.75) is 0 Å². The first-order valence-electron chi connectivity index (χ1n) is 3.93. The molecular formula is C9H7IN2OS. The van der Waals surface area contributed by atoms with Crippen molar-refractivity contribution < 1.29 is 4.74 Å². The van der Waals surface area contributed by atoms with Crippen LogP contribution in [0.1, 0.15) is 0 Å². The lowest BCUT2D eigenvalue weighted by atomic mass is 10.2. The third-order valence-corrected chi connectivity index (χ3v) is 3.29. The van der Waals surface area contributed by atoms with Gasteiger partial charge in [0, 0.05) is 28.2 Å².